The van der Waals surface area contributed by atoms with Crippen molar-refractivity contribution in [2.45, 2.75) is 63.6 Å². The maximum atomic E-state index is 13.6. The fourth-order valence-electron chi connectivity index (χ4n) is 6.63. The Labute approximate surface area is 223 Å². The Morgan fingerprint density at radius 2 is 1.84 bits per heavy atom. The van der Waals surface area contributed by atoms with Gasteiger partial charge in [-0.05, 0) is 48.6 Å². The molecule has 1 aliphatic carbocycles. The second kappa shape index (κ2) is 11.1. The van der Waals surface area contributed by atoms with E-state index < -0.39 is 11.6 Å². The first-order valence-corrected chi connectivity index (χ1v) is 14.6. The molecule has 0 spiro atoms. The Bertz CT molecular complexity index is 1060. The van der Waals surface area contributed by atoms with Gasteiger partial charge in [0.15, 0.2) is 11.7 Å². The number of carbonyl (C=O) groups is 2. The van der Waals surface area contributed by atoms with Gasteiger partial charge in [0, 0.05) is 48.6 Å². The number of fused-ring (bicyclic) bond motifs is 3. The lowest BCUT2D eigenvalue weighted by molar-refractivity contribution is -0.946. The third-order valence-electron chi connectivity index (χ3n) is 8.67. The number of carbonyl (C=O) groups excluding carboxylic acids is 2. The van der Waals surface area contributed by atoms with E-state index in [0.29, 0.717) is 12.5 Å². The van der Waals surface area contributed by atoms with Gasteiger partial charge in [-0.15, -0.1) is 11.3 Å². The summed E-state index contributed by atoms with van der Waals surface area (Å²) in [5, 5.41) is 16.4. The van der Waals surface area contributed by atoms with Crippen molar-refractivity contribution in [1.29, 1.82) is 0 Å². The Morgan fingerprint density at radius 1 is 1.11 bits per heavy atom. The van der Waals surface area contributed by atoms with Gasteiger partial charge < -0.3 is 24.4 Å². The van der Waals surface area contributed by atoms with Gasteiger partial charge in [-0.1, -0.05) is 18.9 Å². The van der Waals surface area contributed by atoms with Crippen molar-refractivity contribution in [3.05, 3.63) is 46.7 Å². The average molecular weight is 528 g/mol. The Kier molecular flexibility index (Phi) is 7.88. The molecule has 3 saturated heterocycles. The van der Waals surface area contributed by atoms with E-state index in [4.69, 9.17) is 9.47 Å². The van der Waals surface area contributed by atoms with E-state index in [1.807, 2.05) is 41.8 Å². The molecular weight excluding hydrogens is 488 g/mol. The highest BCUT2D eigenvalue weighted by atomic mass is 32.1. The number of nitrogens with zero attached hydrogens (tertiary/aromatic N) is 1. The molecule has 4 aliphatic rings. The molecule has 1 aromatic carbocycles. The van der Waals surface area contributed by atoms with E-state index in [1.165, 1.54) is 18.3 Å². The predicted molar refractivity (Wildman–Crippen MR) is 143 cm³/mol. The third kappa shape index (κ3) is 5.71. The van der Waals surface area contributed by atoms with Crippen molar-refractivity contribution in [3.63, 3.8) is 0 Å². The van der Waals surface area contributed by atoms with Gasteiger partial charge in [-0.25, -0.2) is 4.79 Å². The SMILES string of the molecule is CC(=O)Nc1ccc(OCCC[N+]23CCC(CC2)[C@@H](OC(=O)[C@](O)(c2cccs2)C2CCCC2)C3)cc1. The molecule has 200 valence electrons. The molecule has 0 unspecified atom stereocenters. The normalized spacial score (nSPS) is 27.0. The molecule has 7 nitrogen and oxygen atoms in total. The number of anilines is 1. The van der Waals surface area contributed by atoms with Crippen molar-refractivity contribution in [3.8, 4) is 5.75 Å². The summed E-state index contributed by atoms with van der Waals surface area (Å²) in [6, 6.07) is 11.2. The molecule has 1 aromatic heterocycles. The van der Waals surface area contributed by atoms with Crippen molar-refractivity contribution in [1.82, 2.24) is 0 Å². The smallest absolute Gasteiger partial charge is 0.344 e. The molecule has 0 radical (unpaired) electrons. The summed E-state index contributed by atoms with van der Waals surface area (Å²) in [6.45, 7) is 6.15. The minimum Gasteiger partial charge on any atom is -0.493 e. The van der Waals surface area contributed by atoms with Crippen molar-refractivity contribution >= 4 is 28.9 Å². The van der Waals surface area contributed by atoms with Crippen LogP contribution in [0.4, 0.5) is 5.69 Å². The lowest BCUT2D eigenvalue weighted by Crippen LogP contribution is -2.65. The topological polar surface area (TPSA) is 84.9 Å². The van der Waals surface area contributed by atoms with E-state index in [-0.39, 0.29) is 17.9 Å². The molecule has 4 heterocycles. The zero-order chi connectivity index (χ0) is 25.9. The number of benzene rings is 1. The lowest BCUT2D eigenvalue weighted by Gasteiger charge is -2.52. The zero-order valence-corrected chi connectivity index (χ0v) is 22.5. The number of ether oxygens (including phenoxy) is 2. The summed E-state index contributed by atoms with van der Waals surface area (Å²) in [5.41, 5.74) is -0.765. The van der Waals surface area contributed by atoms with Crippen LogP contribution in [0.15, 0.2) is 41.8 Å². The highest BCUT2D eigenvalue weighted by Crippen LogP contribution is 2.44. The van der Waals surface area contributed by atoms with Crippen LogP contribution in [0.1, 0.15) is 56.7 Å². The quantitative estimate of drug-likeness (QED) is 0.266. The first kappa shape index (κ1) is 26.2. The zero-order valence-electron chi connectivity index (χ0n) is 21.7. The predicted octanol–water partition coefficient (Wildman–Crippen LogP) is 4.71. The molecule has 2 aromatic rings. The Morgan fingerprint density at radius 3 is 2.49 bits per heavy atom. The molecule has 6 rings (SSSR count). The minimum absolute atomic E-state index is 0.0627. The van der Waals surface area contributed by atoms with Gasteiger partial charge in [-0.2, -0.15) is 0 Å². The number of rotatable bonds is 10. The minimum atomic E-state index is -1.52. The number of hydrogen-bond acceptors (Lipinski definition) is 6. The van der Waals surface area contributed by atoms with E-state index in [1.54, 1.807) is 0 Å². The Balaban J connectivity index is 1.16. The van der Waals surface area contributed by atoms with Crippen LogP contribution in [0.3, 0.4) is 0 Å². The number of amides is 1. The van der Waals surface area contributed by atoms with Crippen LogP contribution in [0, 0.1) is 11.8 Å². The van der Waals surface area contributed by atoms with Crippen LogP contribution >= 0.6 is 11.3 Å². The van der Waals surface area contributed by atoms with E-state index >= 15 is 0 Å². The average Bonchev–Trinajstić information content (AvgIpc) is 3.63. The maximum absolute atomic E-state index is 13.6. The largest absolute Gasteiger partial charge is 0.493 e. The number of quaternary nitrogens is 1. The molecule has 8 heteroatoms. The number of esters is 1. The summed E-state index contributed by atoms with van der Waals surface area (Å²) in [7, 11) is 0. The number of nitrogens with one attached hydrogen (secondary N) is 1. The molecule has 1 saturated carbocycles. The Hall–Kier alpha value is -2.42. The molecule has 3 aliphatic heterocycles. The highest BCUT2D eigenvalue weighted by Gasteiger charge is 2.53. The monoisotopic (exact) mass is 527 g/mol. The van der Waals surface area contributed by atoms with Gasteiger partial charge in [0.25, 0.3) is 0 Å². The van der Waals surface area contributed by atoms with Gasteiger partial charge in [0.2, 0.25) is 5.91 Å². The summed E-state index contributed by atoms with van der Waals surface area (Å²) in [5.74, 6) is 0.584. The second-order valence-corrected chi connectivity index (χ2v) is 12.1. The first-order chi connectivity index (χ1) is 17.9. The van der Waals surface area contributed by atoms with E-state index in [9.17, 15) is 14.7 Å². The summed E-state index contributed by atoms with van der Waals surface area (Å²) in [6.07, 6.45) is 6.75. The molecule has 1 amide bonds. The maximum Gasteiger partial charge on any atom is 0.344 e. The van der Waals surface area contributed by atoms with Crippen LogP contribution in [0.5, 0.6) is 5.75 Å². The fourth-order valence-corrected chi connectivity index (χ4v) is 7.52. The third-order valence-corrected chi connectivity index (χ3v) is 9.67. The van der Waals surface area contributed by atoms with Gasteiger partial charge in [-0.3, -0.25) is 4.79 Å². The van der Waals surface area contributed by atoms with Crippen LogP contribution < -0.4 is 10.1 Å². The highest BCUT2D eigenvalue weighted by molar-refractivity contribution is 7.10. The summed E-state index contributed by atoms with van der Waals surface area (Å²) >= 11 is 1.45. The number of piperidine rings is 3. The molecule has 37 heavy (non-hydrogen) atoms. The van der Waals surface area contributed by atoms with Crippen LogP contribution in [0.2, 0.25) is 0 Å². The van der Waals surface area contributed by atoms with Gasteiger partial charge in [0.1, 0.15) is 12.3 Å². The van der Waals surface area contributed by atoms with E-state index in [2.05, 4.69) is 5.32 Å². The van der Waals surface area contributed by atoms with Crippen LogP contribution in [-0.2, 0) is 19.9 Å². The molecule has 2 bridgehead atoms. The van der Waals surface area contributed by atoms with Crippen LogP contribution in [0.25, 0.3) is 0 Å². The van der Waals surface area contributed by atoms with Crippen molar-refractivity contribution in [2.24, 2.45) is 11.8 Å². The number of aliphatic hydroxyl groups is 1. The molecule has 2 N–H and O–H groups in total. The van der Waals surface area contributed by atoms with Gasteiger partial charge >= 0.3 is 5.97 Å². The number of hydrogen-bond donors (Lipinski definition) is 2. The lowest BCUT2D eigenvalue weighted by atomic mass is 9.82. The second-order valence-electron chi connectivity index (χ2n) is 11.1. The molecule has 4 fully saturated rings. The number of thiophene rings is 1. The van der Waals surface area contributed by atoms with Gasteiger partial charge in [0.05, 0.1) is 26.2 Å². The molecular formula is C29H39N2O5S+. The van der Waals surface area contributed by atoms with Crippen molar-refractivity contribution in [2.75, 3.05) is 38.1 Å². The van der Waals surface area contributed by atoms with E-state index in [0.717, 1.165) is 91.9 Å². The van der Waals surface area contributed by atoms with Crippen LogP contribution in [-0.4, -0.2) is 60.4 Å². The fraction of sp³-hybridized carbons (Fsp3) is 0.586. The van der Waals surface area contributed by atoms with Crippen molar-refractivity contribution < 1.29 is 28.7 Å². The standard InChI is InChI=1S/C29H38N2O5S/c1-21(32)30-24-9-11-25(12-10-24)35-18-5-15-31-16-13-22(14-17-31)26(20-31)36-28(33)29(34,23-6-2-3-7-23)27-8-4-19-37-27/h4,8-12,19,22-23,26,34H,2-3,5-7,13-18,20H2,1H3/p+1/t22?,26-,29+,31?/m0/s1. The summed E-state index contributed by atoms with van der Waals surface area (Å²) < 4.78 is 13.1. The first-order valence-electron chi connectivity index (χ1n) is 13.7. The summed E-state index contributed by atoms with van der Waals surface area (Å²) in [4.78, 5) is 25.5. The molecule has 2 atom stereocenters.